The largest absolute Gasteiger partial charge is 0.493 e. The molecule has 2 saturated carbocycles. The molecule has 5 rings (SSSR count). The van der Waals surface area contributed by atoms with Crippen LogP contribution in [0.15, 0.2) is 30.5 Å². The van der Waals surface area contributed by atoms with Gasteiger partial charge in [0.2, 0.25) is 5.91 Å². The van der Waals surface area contributed by atoms with Crippen molar-refractivity contribution in [1.29, 1.82) is 0 Å². The van der Waals surface area contributed by atoms with Crippen LogP contribution < -0.4 is 15.4 Å². The lowest BCUT2D eigenvalue weighted by Crippen LogP contribution is -2.44. The topological polar surface area (TPSA) is 105 Å². The van der Waals surface area contributed by atoms with Crippen LogP contribution >= 0.6 is 0 Å². The van der Waals surface area contributed by atoms with Crippen molar-refractivity contribution >= 4 is 22.8 Å². The van der Waals surface area contributed by atoms with Gasteiger partial charge >= 0.3 is 0 Å². The fourth-order valence-electron chi connectivity index (χ4n) is 5.08. The number of hydrogen-bond donors (Lipinski definition) is 3. The number of pyridine rings is 1. The van der Waals surface area contributed by atoms with Crippen LogP contribution in [0.3, 0.4) is 0 Å². The molecule has 1 aromatic carbocycles. The second-order valence-electron chi connectivity index (χ2n) is 10.1. The van der Waals surface area contributed by atoms with E-state index in [1.54, 1.807) is 12.3 Å². The molecule has 0 aliphatic heterocycles. The SMILES string of the molecule is COCC(=O)N[C@H]1CC[C@@H](NC(=O)c2c(C)[nH]c3c(-c4cc(F)ccc4OCC4CC4)ccnc23)CC1. The number of fused-ring (bicyclic) bond motifs is 1. The molecule has 2 fully saturated rings. The van der Waals surface area contributed by atoms with Gasteiger partial charge in [-0.15, -0.1) is 0 Å². The number of halogens is 1. The minimum atomic E-state index is -0.353. The Labute approximate surface area is 215 Å². The van der Waals surface area contributed by atoms with E-state index in [2.05, 4.69) is 20.6 Å². The van der Waals surface area contributed by atoms with Gasteiger partial charge in [-0.1, -0.05) is 0 Å². The van der Waals surface area contributed by atoms with Gasteiger partial charge < -0.3 is 25.1 Å². The highest BCUT2D eigenvalue weighted by atomic mass is 19.1. The predicted molar refractivity (Wildman–Crippen MR) is 138 cm³/mol. The molecular weight excluding hydrogens is 475 g/mol. The van der Waals surface area contributed by atoms with Crippen molar-refractivity contribution < 1.29 is 23.5 Å². The average molecular weight is 509 g/mol. The molecule has 2 amide bonds. The van der Waals surface area contributed by atoms with Gasteiger partial charge in [-0.2, -0.15) is 0 Å². The third kappa shape index (κ3) is 5.77. The zero-order valence-electron chi connectivity index (χ0n) is 21.2. The molecule has 3 aromatic rings. The zero-order valence-corrected chi connectivity index (χ0v) is 21.2. The molecule has 0 radical (unpaired) electrons. The summed E-state index contributed by atoms with van der Waals surface area (Å²) in [7, 11) is 1.50. The Bertz CT molecular complexity index is 1290. The summed E-state index contributed by atoms with van der Waals surface area (Å²) < 4.78 is 25.2. The van der Waals surface area contributed by atoms with Crippen molar-refractivity contribution in [3.63, 3.8) is 0 Å². The number of methoxy groups -OCH3 is 1. The molecule has 0 saturated heterocycles. The fraction of sp³-hybridized carbons (Fsp3) is 0.464. The van der Waals surface area contributed by atoms with Crippen molar-refractivity contribution in [2.45, 2.75) is 57.5 Å². The third-order valence-corrected chi connectivity index (χ3v) is 7.21. The van der Waals surface area contributed by atoms with Gasteiger partial charge in [0.25, 0.3) is 5.91 Å². The Balaban J connectivity index is 1.34. The molecule has 196 valence electrons. The van der Waals surface area contributed by atoms with Crippen molar-refractivity contribution in [3.05, 3.63) is 47.5 Å². The van der Waals surface area contributed by atoms with Gasteiger partial charge in [-0.25, -0.2) is 4.39 Å². The number of aromatic nitrogens is 2. The summed E-state index contributed by atoms with van der Waals surface area (Å²) in [5.74, 6) is 0.521. The minimum Gasteiger partial charge on any atom is -0.493 e. The molecule has 2 aliphatic rings. The van der Waals surface area contributed by atoms with Crippen LogP contribution in [0.4, 0.5) is 4.39 Å². The van der Waals surface area contributed by atoms with Crippen LogP contribution in [-0.4, -0.2) is 54.2 Å². The summed E-state index contributed by atoms with van der Waals surface area (Å²) in [6.07, 6.45) is 7.09. The maximum atomic E-state index is 14.3. The summed E-state index contributed by atoms with van der Waals surface area (Å²) >= 11 is 0. The number of nitrogens with one attached hydrogen (secondary N) is 3. The summed E-state index contributed by atoms with van der Waals surface area (Å²) in [6, 6.07) is 6.46. The maximum absolute atomic E-state index is 14.3. The first kappa shape index (κ1) is 25.2. The Hall–Kier alpha value is -3.46. The number of aryl methyl sites for hydroxylation is 1. The van der Waals surface area contributed by atoms with Crippen LogP contribution in [0.5, 0.6) is 5.75 Å². The van der Waals surface area contributed by atoms with Gasteiger partial charge in [-0.05, 0) is 75.6 Å². The lowest BCUT2D eigenvalue weighted by Gasteiger charge is -2.29. The molecule has 9 heteroatoms. The van der Waals surface area contributed by atoms with E-state index in [-0.39, 0.29) is 36.3 Å². The van der Waals surface area contributed by atoms with Crippen LogP contribution in [0, 0.1) is 18.7 Å². The van der Waals surface area contributed by atoms with Crippen LogP contribution in [0.1, 0.15) is 54.6 Å². The van der Waals surface area contributed by atoms with Crippen LogP contribution in [0.2, 0.25) is 0 Å². The van der Waals surface area contributed by atoms with E-state index >= 15 is 0 Å². The van der Waals surface area contributed by atoms with Crippen molar-refractivity contribution in [1.82, 2.24) is 20.6 Å². The molecule has 2 aliphatic carbocycles. The number of H-pyrrole nitrogens is 1. The molecule has 3 N–H and O–H groups in total. The van der Waals surface area contributed by atoms with E-state index in [9.17, 15) is 14.0 Å². The maximum Gasteiger partial charge on any atom is 0.255 e. The number of amides is 2. The number of rotatable bonds is 9. The van der Waals surface area contributed by atoms with Crippen molar-refractivity contribution in [2.75, 3.05) is 20.3 Å². The highest BCUT2D eigenvalue weighted by molar-refractivity contribution is 6.09. The molecule has 37 heavy (non-hydrogen) atoms. The molecule has 2 aromatic heterocycles. The van der Waals surface area contributed by atoms with Gasteiger partial charge in [0.1, 0.15) is 23.7 Å². The molecule has 0 spiro atoms. The number of ether oxygens (including phenoxy) is 2. The summed E-state index contributed by atoms with van der Waals surface area (Å²) in [5, 5.41) is 6.13. The van der Waals surface area contributed by atoms with E-state index in [4.69, 9.17) is 9.47 Å². The quantitative estimate of drug-likeness (QED) is 0.400. The number of hydrogen-bond acceptors (Lipinski definition) is 5. The first-order valence-electron chi connectivity index (χ1n) is 12.9. The molecule has 8 nitrogen and oxygen atoms in total. The second kappa shape index (κ2) is 10.9. The molecule has 2 heterocycles. The highest BCUT2D eigenvalue weighted by Gasteiger charge is 2.27. The Kier molecular flexibility index (Phi) is 7.41. The Morgan fingerprint density at radius 1 is 1.05 bits per heavy atom. The van der Waals surface area contributed by atoms with E-state index in [0.29, 0.717) is 46.1 Å². The third-order valence-electron chi connectivity index (χ3n) is 7.21. The lowest BCUT2D eigenvalue weighted by atomic mass is 9.91. The van der Waals surface area contributed by atoms with Crippen molar-refractivity contribution in [2.24, 2.45) is 5.92 Å². The second-order valence-corrected chi connectivity index (χ2v) is 10.1. The van der Waals surface area contributed by atoms with Gasteiger partial charge in [0, 0.05) is 42.2 Å². The number of carbonyl (C=O) groups excluding carboxylic acids is 2. The van der Waals surface area contributed by atoms with E-state index in [1.807, 2.05) is 13.0 Å². The number of nitrogens with zero attached hydrogens (tertiary/aromatic N) is 1. The zero-order chi connectivity index (χ0) is 25.9. The number of benzene rings is 1. The predicted octanol–water partition coefficient (Wildman–Crippen LogP) is 4.27. The standard InChI is InChI=1S/C28H33FN4O4/c1-16-25(28(35)33-20-8-6-19(7-9-20)32-24(34)15-36-2)27-26(31-16)21(11-12-30-27)22-13-18(29)5-10-23(22)37-14-17-3-4-17/h5,10-13,17,19-20,31H,3-4,6-9,14-15H2,1-2H3,(H,32,34)(H,33,35)/t19-,20+. The van der Waals surface area contributed by atoms with E-state index < -0.39 is 0 Å². The minimum absolute atomic E-state index is 0.0151. The smallest absolute Gasteiger partial charge is 0.255 e. The first-order chi connectivity index (χ1) is 17.9. The monoisotopic (exact) mass is 508 g/mol. The molecule has 0 bridgehead atoms. The van der Waals surface area contributed by atoms with Crippen LogP contribution in [0.25, 0.3) is 22.2 Å². The first-order valence-corrected chi connectivity index (χ1v) is 12.9. The average Bonchev–Trinajstić information content (AvgIpc) is 3.64. The summed E-state index contributed by atoms with van der Waals surface area (Å²) in [5.41, 5.74) is 3.79. The van der Waals surface area contributed by atoms with Gasteiger partial charge in [0.05, 0.1) is 17.7 Å². The highest BCUT2D eigenvalue weighted by Crippen LogP contribution is 2.38. The Morgan fingerprint density at radius 3 is 2.49 bits per heavy atom. The molecule has 0 unspecified atom stereocenters. The van der Waals surface area contributed by atoms with E-state index in [0.717, 1.165) is 44.1 Å². The van der Waals surface area contributed by atoms with Gasteiger partial charge in [-0.3, -0.25) is 14.6 Å². The van der Waals surface area contributed by atoms with Crippen molar-refractivity contribution in [3.8, 4) is 16.9 Å². The van der Waals surface area contributed by atoms with E-state index in [1.165, 1.54) is 19.2 Å². The molecule has 0 atom stereocenters. The number of carbonyl (C=O) groups is 2. The van der Waals surface area contributed by atoms with Crippen LogP contribution in [-0.2, 0) is 9.53 Å². The summed E-state index contributed by atoms with van der Waals surface area (Å²) in [4.78, 5) is 33.0. The fourth-order valence-corrected chi connectivity index (χ4v) is 5.08. The lowest BCUT2D eigenvalue weighted by molar-refractivity contribution is -0.125. The summed E-state index contributed by atoms with van der Waals surface area (Å²) in [6.45, 7) is 2.51. The normalized spacial score (nSPS) is 19.5. The Morgan fingerprint density at radius 2 is 1.78 bits per heavy atom. The molecular formula is C28H33FN4O4. The van der Waals surface area contributed by atoms with Gasteiger partial charge in [0.15, 0.2) is 0 Å². The number of aromatic amines is 1.